The van der Waals surface area contributed by atoms with Gasteiger partial charge in [-0.2, -0.15) is 5.10 Å². The smallest absolute Gasteiger partial charge is 0.161 e. The number of nitrogens with zero attached hydrogens (tertiary/aromatic N) is 3. The Morgan fingerprint density at radius 3 is 2.62 bits per heavy atom. The number of methoxy groups -OCH3 is 1. The highest BCUT2D eigenvalue weighted by Crippen LogP contribution is 2.31. The largest absolute Gasteiger partial charge is 0.493 e. The van der Waals surface area contributed by atoms with Crippen LogP contribution in [0.2, 0.25) is 5.02 Å². The van der Waals surface area contributed by atoms with Crippen molar-refractivity contribution in [3.05, 3.63) is 71.0 Å². The summed E-state index contributed by atoms with van der Waals surface area (Å²) in [5, 5.41) is 15.8. The molecule has 0 amide bonds. The molecular formula is C26H32ClN3O4. The van der Waals surface area contributed by atoms with Crippen molar-refractivity contribution in [3.63, 3.8) is 0 Å². The molecule has 0 saturated carbocycles. The summed E-state index contributed by atoms with van der Waals surface area (Å²) >= 11 is 6.23. The molecule has 182 valence electrons. The topological polar surface area (TPSA) is 69.0 Å². The molecule has 1 N–H and O–H groups in total. The van der Waals surface area contributed by atoms with E-state index in [1.807, 2.05) is 54.2 Å². The fraction of sp³-hybridized carbons (Fsp3) is 0.423. The lowest BCUT2D eigenvalue weighted by atomic mass is 9.92. The molecule has 1 saturated heterocycles. The van der Waals surface area contributed by atoms with Crippen molar-refractivity contribution in [2.24, 2.45) is 0 Å². The first kappa shape index (κ1) is 24.4. The van der Waals surface area contributed by atoms with Gasteiger partial charge in [-0.25, -0.2) is 0 Å². The van der Waals surface area contributed by atoms with Crippen LogP contribution in [0.5, 0.6) is 17.2 Å². The Labute approximate surface area is 205 Å². The molecule has 3 aromatic rings. The van der Waals surface area contributed by atoms with E-state index in [-0.39, 0.29) is 6.61 Å². The third kappa shape index (κ3) is 6.44. The molecule has 2 heterocycles. The molecule has 1 aliphatic rings. The Bertz CT molecular complexity index is 1070. The molecule has 0 spiro atoms. The quantitative estimate of drug-likeness (QED) is 0.460. The van der Waals surface area contributed by atoms with Crippen LogP contribution in [0.15, 0.2) is 54.9 Å². The molecule has 0 atom stereocenters. The van der Waals surface area contributed by atoms with Gasteiger partial charge in [0.1, 0.15) is 24.6 Å². The van der Waals surface area contributed by atoms with Gasteiger partial charge in [-0.3, -0.25) is 9.58 Å². The highest BCUT2D eigenvalue weighted by Gasteiger charge is 2.33. The second-order valence-electron chi connectivity index (χ2n) is 8.83. The summed E-state index contributed by atoms with van der Waals surface area (Å²) in [6.07, 6.45) is 4.94. The molecule has 8 heteroatoms. The van der Waals surface area contributed by atoms with Crippen LogP contribution in [-0.4, -0.2) is 58.8 Å². The van der Waals surface area contributed by atoms with Gasteiger partial charge in [-0.05, 0) is 61.2 Å². The zero-order chi connectivity index (χ0) is 24.0. The van der Waals surface area contributed by atoms with Gasteiger partial charge >= 0.3 is 0 Å². The average Bonchev–Trinajstić information content (AvgIpc) is 3.35. The van der Waals surface area contributed by atoms with Gasteiger partial charge < -0.3 is 19.3 Å². The minimum Gasteiger partial charge on any atom is -0.493 e. The Kier molecular flexibility index (Phi) is 7.98. The molecule has 2 aromatic carbocycles. The maximum Gasteiger partial charge on any atom is 0.161 e. The fourth-order valence-corrected chi connectivity index (χ4v) is 4.25. The number of rotatable bonds is 10. The molecule has 0 radical (unpaired) electrons. The minimum absolute atomic E-state index is 0.237. The van der Waals surface area contributed by atoms with Crippen molar-refractivity contribution in [2.45, 2.75) is 38.5 Å². The number of piperidine rings is 1. The zero-order valence-electron chi connectivity index (χ0n) is 19.7. The van der Waals surface area contributed by atoms with Crippen LogP contribution in [0.4, 0.5) is 0 Å². The fourth-order valence-electron chi connectivity index (χ4n) is 4.08. The summed E-state index contributed by atoms with van der Waals surface area (Å²) in [5.74, 6) is 2.06. The summed E-state index contributed by atoms with van der Waals surface area (Å²) in [5.41, 5.74) is 1.36. The maximum absolute atomic E-state index is 11.0. The van der Waals surface area contributed by atoms with Crippen LogP contribution in [0.25, 0.3) is 0 Å². The zero-order valence-corrected chi connectivity index (χ0v) is 20.5. The summed E-state index contributed by atoms with van der Waals surface area (Å²) in [4.78, 5) is 2.34. The standard InChI is InChI=1S/C26H32ClN3O4/c1-20-4-6-22(27)24(16-20)34-19-26(31)8-12-29(13-9-26)18-21-5-7-23(32-2)25(17-21)33-15-14-30-11-3-10-28-30/h3-7,10-11,16-17,31H,8-9,12-15,18-19H2,1-2H3. The van der Waals surface area contributed by atoms with Crippen LogP contribution >= 0.6 is 11.6 Å². The monoisotopic (exact) mass is 485 g/mol. The van der Waals surface area contributed by atoms with Gasteiger partial charge in [0.2, 0.25) is 0 Å². The molecule has 1 fully saturated rings. The SMILES string of the molecule is COc1ccc(CN2CCC(O)(COc3cc(C)ccc3Cl)CC2)cc1OCCn1cccn1. The number of hydrogen-bond acceptors (Lipinski definition) is 6. The third-order valence-electron chi connectivity index (χ3n) is 6.14. The number of aryl methyl sites for hydroxylation is 1. The van der Waals surface area contributed by atoms with E-state index in [1.54, 1.807) is 13.3 Å². The molecule has 34 heavy (non-hydrogen) atoms. The molecular weight excluding hydrogens is 454 g/mol. The van der Waals surface area contributed by atoms with Gasteiger partial charge in [0.15, 0.2) is 11.5 Å². The Balaban J connectivity index is 1.29. The van der Waals surface area contributed by atoms with Crippen LogP contribution in [0.1, 0.15) is 24.0 Å². The third-order valence-corrected chi connectivity index (χ3v) is 6.45. The van der Waals surface area contributed by atoms with Crippen molar-refractivity contribution in [2.75, 3.05) is 33.4 Å². The lowest BCUT2D eigenvalue weighted by molar-refractivity contribution is -0.0537. The summed E-state index contributed by atoms with van der Waals surface area (Å²) < 4.78 is 19.2. The van der Waals surface area contributed by atoms with Crippen LogP contribution in [0.3, 0.4) is 0 Å². The number of aliphatic hydroxyl groups is 1. The van der Waals surface area contributed by atoms with Gasteiger partial charge in [-0.15, -0.1) is 0 Å². The second kappa shape index (κ2) is 11.1. The van der Waals surface area contributed by atoms with Crippen molar-refractivity contribution < 1.29 is 19.3 Å². The van der Waals surface area contributed by atoms with E-state index >= 15 is 0 Å². The Morgan fingerprint density at radius 2 is 1.88 bits per heavy atom. The number of hydrogen-bond donors (Lipinski definition) is 1. The first-order chi connectivity index (χ1) is 16.4. The van der Waals surface area contributed by atoms with Gasteiger partial charge in [0.25, 0.3) is 0 Å². The first-order valence-corrected chi connectivity index (χ1v) is 11.9. The first-order valence-electron chi connectivity index (χ1n) is 11.5. The number of benzene rings is 2. The lowest BCUT2D eigenvalue weighted by Gasteiger charge is -2.38. The molecule has 1 aliphatic heterocycles. The molecule has 4 rings (SSSR count). The number of aromatic nitrogens is 2. The van der Waals surface area contributed by atoms with Gasteiger partial charge in [0, 0.05) is 32.0 Å². The molecule has 0 bridgehead atoms. The molecule has 7 nitrogen and oxygen atoms in total. The number of ether oxygens (including phenoxy) is 3. The van der Waals surface area contributed by atoms with Gasteiger partial charge in [-0.1, -0.05) is 23.7 Å². The summed E-state index contributed by atoms with van der Waals surface area (Å²) in [7, 11) is 1.65. The van der Waals surface area contributed by atoms with E-state index in [4.69, 9.17) is 25.8 Å². The number of halogens is 1. The average molecular weight is 486 g/mol. The summed E-state index contributed by atoms with van der Waals surface area (Å²) in [6.45, 7) is 5.74. The number of likely N-dealkylation sites (tertiary alicyclic amines) is 1. The van der Waals surface area contributed by atoms with E-state index in [0.717, 1.165) is 36.5 Å². The van der Waals surface area contributed by atoms with E-state index < -0.39 is 5.60 Å². The molecule has 0 aliphatic carbocycles. The van der Waals surface area contributed by atoms with Crippen LogP contribution in [0, 0.1) is 6.92 Å². The summed E-state index contributed by atoms with van der Waals surface area (Å²) in [6, 6.07) is 13.6. The normalized spacial score (nSPS) is 15.8. The van der Waals surface area contributed by atoms with Crippen molar-refractivity contribution in [1.29, 1.82) is 0 Å². The minimum atomic E-state index is -0.857. The van der Waals surface area contributed by atoms with Gasteiger partial charge in [0.05, 0.1) is 18.7 Å². The van der Waals surface area contributed by atoms with Crippen molar-refractivity contribution >= 4 is 11.6 Å². The Hall–Kier alpha value is -2.74. The lowest BCUT2D eigenvalue weighted by Crippen LogP contribution is -2.47. The van der Waals surface area contributed by atoms with Crippen LogP contribution in [-0.2, 0) is 13.1 Å². The molecule has 1 aromatic heterocycles. The van der Waals surface area contributed by atoms with E-state index in [9.17, 15) is 5.11 Å². The van der Waals surface area contributed by atoms with Crippen LogP contribution < -0.4 is 14.2 Å². The van der Waals surface area contributed by atoms with Crippen molar-refractivity contribution in [1.82, 2.24) is 14.7 Å². The highest BCUT2D eigenvalue weighted by atomic mass is 35.5. The van der Waals surface area contributed by atoms with E-state index in [2.05, 4.69) is 16.1 Å². The maximum atomic E-state index is 11.0. The highest BCUT2D eigenvalue weighted by molar-refractivity contribution is 6.32. The van der Waals surface area contributed by atoms with E-state index in [0.29, 0.717) is 42.5 Å². The predicted molar refractivity (Wildman–Crippen MR) is 132 cm³/mol. The van der Waals surface area contributed by atoms with E-state index in [1.165, 1.54) is 0 Å². The predicted octanol–water partition coefficient (Wildman–Crippen LogP) is 4.34. The second-order valence-corrected chi connectivity index (χ2v) is 9.23. The Morgan fingerprint density at radius 1 is 1.06 bits per heavy atom. The van der Waals surface area contributed by atoms with Crippen molar-refractivity contribution in [3.8, 4) is 17.2 Å². The molecule has 0 unspecified atom stereocenters.